The Bertz CT molecular complexity index is 539. The van der Waals surface area contributed by atoms with Gasteiger partial charge in [0.05, 0.1) is 22.0 Å². The van der Waals surface area contributed by atoms with Gasteiger partial charge in [0.25, 0.3) is 5.91 Å². The number of likely N-dealkylation sites (tertiary alicyclic amines) is 1. The molecule has 0 bridgehead atoms. The third kappa shape index (κ3) is 3.83. The smallest absolute Gasteiger partial charge is 0.264 e. The van der Waals surface area contributed by atoms with Gasteiger partial charge in [-0.15, -0.1) is 11.3 Å². The highest BCUT2D eigenvalue weighted by molar-refractivity contribution is 7.14. The summed E-state index contributed by atoms with van der Waals surface area (Å²) >= 11 is 1.36. The van der Waals surface area contributed by atoms with E-state index < -0.39 is 5.60 Å². The van der Waals surface area contributed by atoms with Gasteiger partial charge < -0.3 is 15.1 Å². The molecule has 1 aliphatic heterocycles. The van der Waals surface area contributed by atoms with E-state index in [0.29, 0.717) is 24.4 Å². The summed E-state index contributed by atoms with van der Waals surface area (Å²) in [6.07, 6.45) is 2.00. The molecule has 0 aliphatic carbocycles. The molecule has 0 spiro atoms. The van der Waals surface area contributed by atoms with Crippen molar-refractivity contribution in [1.82, 2.24) is 4.90 Å². The van der Waals surface area contributed by atoms with Crippen LogP contribution in [0.4, 0.5) is 0 Å². The lowest BCUT2D eigenvalue weighted by molar-refractivity contribution is -0.0105. The first-order valence-corrected chi connectivity index (χ1v) is 7.55. The third-order valence-electron chi connectivity index (χ3n) is 3.23. The molecule has 4 nitrogen and oxygen atoms in total. The lowest BCUT2D eigenvalue weighted by Gasteiger charge is -2.36. The van der Waals surface area contributed by atoms with Gasteiger partial charge in [0.2, 0.25) is 0 Å². The topological polar surface area (TPSA) is 60.8 Å². The van der Waals surface area contributed by atoms with Crippen molar-refractivity contribution in [2.45, 2.75) is 31.8 Å². The summed E-state index contributed by atoms with van der Waals surface area (Å²) in [6.45, 7) is 2.90. The van der Waals surface area contributed by atoms with Crippen molar-refractivity contribution < 1.29 is 15.0 Å². The average Bonchev–Trinajstić information content (AvgIpc) is 2.86. The van der Waals surface area contributed by atoms with E-state index in [2.05, 4.69) is 11.8 Å². The van der Waals surface area contributed by atoms with Gasteiger partial charge in [-0.2, -0.15) is 0 Å². The molecule has 2 heterocycles. The number of carbonyl (C=O) groups excluding carboxylic acids is 1. The van der Waals surface area contributed by atoms with Gasteiger partial charge in [0.15, 0.2) is 0 Å². The van der Waals surface area contributed by atoms with E-state index in [1.165, 1.54) is 11.3 Å². The number of amides is 1. The van der Waals surface area contributed by atoms with Crippen LogP contribution in [0, 0.1) is 11.8 Å². The van der Waals surface area contributed by atoms with Crippen LogP contribution in [-0.4, -0.2) is 46.3 Å². The predicted molar refractivity (Wildman–Crippen MR) is 78.7 cm³/mol. The van der Waals surface area contributed by atoms with Crippen LogP contribution in [-0.2, 0) is 0 Å². The molecule has 1 atom stereocenters. The molecule has 2 rings (SSSR count). The second-order valence-electron chi connectivity index (χ2n) is 5.27. The normalized spacial score (nSPS) is 22.2. The number of piperidine rings is 1. The van der Waals surface area contributed by atoms with Crippen molar-refractivity contribution in [1.29, 1.82) is 0 Å². The molecule has 1 aromatic rings. The summed E-state index contributed by atoms with van der Waals surface area (Å²) in [5.41, 5.74) is -0.783. The number of aliphatic hydroxyl groups is 2. The zero-order valence-electron chi connectivity index (χ0n) is 11.6. The van der Waals surface area contributed by atoms with Crippen molar-refractivity contribution in [2.24, 2.45) is 0 Å². The number of hydrogen-bond donors (Lipinski definition) is 2. The number of rotatable bonds is 2. The second kappa shape index (κ2) is 6.40. The highest BCUT2D eigenvalue weighted by Crippen LogP contribution is 2.24. The SMILES string of the molecule is CC1(O)CCCN(C(=O)c2ccc(C#CCCO)s2)C1. The van der Waals surface area contributed by atoms with Gasteiger partial charge in [0, 0.05) is 19.5 Å². The van der Waals surface area contributed by atoms with Gasteiger partial charge in [-0.05, 0) is 31.9 Å². The van der Waals surface area contributed by atoms with Crippen molar-refractivity contribution in [2.75, 3.05) is 19.7 Å². The molecule has 20 heavy (non-hydrogen) atoms. The number of nitrogens with zero attached hydrogens (tertiary/aromatic N) is 1. The van der Waals surface area contributed by atoms with E-state index in [1.54, 1.807) is 17.9 Å². The van der Waals surface area contributed by atoms with Crippen molar-refractivity contribution in [3.63, 3.8) is 0 Å². The van der Waals surface area contributed by atoms with Crippen LogP contribution in [0.3, 0.4) is 0 Å². The Labute approximate surface area is 123 Å². The quantitative estimate of drug-likeness (QED) is 0.812. The lowest BCUT2D eigenvalue weighted by Crippen LogP contribution is -2.48. The van der Waals surface area contributed by atoms with E-state index in [-0.39, 0.29) is 12.5 Å². The molecule has 0 aromatic carbocycles. The Kier molecular flexibility index (Phi) is 4.81. The molecule has 5 heteroatoms. The maximum Gasteiger partial charge on any atom is 0.264 e. The van der Waals surface area contributed by atoms with Gasteiger partial charge in [0.1, 0.15) is 0 Å². The maximum atomic E-state index is 12.4. The van der Waals surface area contributed by atoms with E-state index in [0.717, 1.165) is 17.7 Å². The van der Waals surface area contributed by atoms with Crippen LogP contribution in [0.1, 0.15) is 40.7 Å². The molecule has 1 unspecified atom stereocenters. The van der Waals surface area contributed by atoms with E-state index in [1.807, 2.05) is 6.07 Å². The standard InChI is InChI=1S/C15H19NO3S/c1-15(19)8-4-9-16(11-15)14(18)13-7-6-12(20-13)5-2-3-10-17/h6-7,17,19H,3-4,8-11H2,1H3. The molecule has 0 radical (unpaired) electrons. The molecule has 1 aromatic heterocycles. The van der Waals surface area contributed by atoms with Crippen LogP contribution in [0.15, 0.2) is 12.1 Å². The van der Waals surface area contributed by atoms with Crippen LogP contribution < -0.4 is 0 Å². The fraction of sp³-hybridized carbons (Fsp3) is 0.533. The minimum absolute atomic E-state index is 0.0369. The molecule has 0 saturated carbocycles. The molecular formula is C15H19NO3S. The Morgan fingerprint density at radius 2 is 2.35 bits per heavy atom. The summed E-state index contributed by atoms with van der Waals surface area (Å²) in [5.74, 6) is 5.73. The van der Waals surface area contributed by atoms with E-state index in [9.17, 15) is 9.90 Å². The van der Waals surface area contributed by atoms with Gasteiger partial charge in [-0.3, -0.25) is 4.79 Å². The zero-order valence-corrected chi connectivity index (χ0v) is 12.4. The number of β-amino-alcohol motifs (C(OH)–C–C–N with tert-alkyl or cyclic N) is 1. The fourth-order valence-corrected chi connectivity index (χ4v) is 3.12. The summed E-state index contributed by atoms with van der Waals surface area (Å²) in [5, 5.41) is 18.7. The number of aliphatic hydroxyl groups excluding tert-OH is 1. The first-order valence-electron chi connectivity index (χ1n) is 6.73. The van der Waals surface area contributed by atoms with Crippen LogP contribution >= 0.6 is 11.3 Å². The summed E-state index contributed by atoms with van der Waals surface area (Å²) in [7, 11) is 0. The first kappa shape index (κ1) is 15.0. The van der Waals surface area contributed by atoms with E-state index in [4.69, 9.17) is 5.11 Å². The van der Waals surface area contributed by atoms with Crippen molar-refractivity contribution in [3.05, 3.63) is 21.9 Å². The number of carbonyl (C=O) groups is 1. The van der Waals surface area contributed by atoms with Crippen LogP contribution in [0.25, 0.3) is 0 Å². The summed E-state index contributed by atoms with van der Waals surface area (Å²) in [6, 6.07) is 3.60. The number of hydrogen-bond acceptors (Lipinski definition) is 4. The van der Waals surface area contributed by atoms with Crippen molar-refractivity contribution >= 4 is 17.2 Å². The highest BCUT2D eigenvalue weighted by Gasteiger charge is 2.31. The Morgan fingerprint density at radius 1 is 1.55 bits per heavy atom. The van der Waals surface area contributed by atoms with Crippen LogP contribution in [0.2, 0.25) is 0 Å². The minimum atomic E-state index is -0.783. The second-order valence-corrected chi connectivity index (χ2v) is 6.35. The Hall–Kier alpha value is -1.35. The largest absolute Gasteiger partial charge is 0.395 e. The Balaban J connectivity index is 2.05. The van der Waals surface area contributed by atoms with E-state index >= 15 is 0 Å². The number of thiophene rings is 1. The summed E-state index contributed by atoms with van der Waals surface area (Å²) in [4.78, 5) is 15.6. The highest BCUT2D eigenvalue weighted by atomic mass is 32.1. The average molecular weight is 293 g/mol. The third-order valence-corrected chi connectivity index (χ3v) is 4.22. The zero-order chi connectivity index (χ0) is 14.6. The fourth-order valence-electron chi connectivity index (χ4n) is 2.27. The molecule has 2 N–H and O–H groups in total. The maximum absolute atomic E-state index is 12.4. The van der Waals surface area contributed by atoms with Crippen molar-refractivity contribution in [3.8, 4) is 11.8 Å². The minimum Gasteiger partial charge on any atom is -0.395 e. The molecule has 1 saturated heterocycles. The summed E-state index contributed by atoms with van der Waals surface area (Å²) < 4.78 is 0. The lowest BCUT2D eigenvalue weighted by atomic mass is 9.95. The molecule has 1 fully saturated rings. The van der Waals surface area contributed by atoms with Crippen LogP contribution in [0.5, 0.6) is 0 Å². The molecule has 1 amide bonds. The van der Waals surface area contributed by atoms with Gasteiger partial charge >= 0.3 is 0 Å². The molecule has 1 aliphatic rings. The van der Waals surface area contributed by atoms with Gasteiger partial charge in [-0.1, -0.05) is 11.8 Å². The molecular weight excluding hydrogens is 274 g/mol. The predicted octanol–water partition coefficient (Wildman–Crippen LogP) is 1.47. The first-order chi connectivity index (χ1) is 9.52. The Morgan fingerprint density at radius 3 is 3.05 bits per heavy atom. The monoisotopic (exact) mass is 293 g/mol. The van der Waals surface area contributed by atoms with Gasteiger partial charge in [-0.25, -0.2) is 0 Å². The molecule has 108 valence electrons.